The highest BCUT2D eigenvalue weighted by molar-refractivity contribution is 5.78. The summed E-state index contributed by atoms with van der Waals surface area (Å²) < 4.78 is 0. The third kappa shape index (κ3) is 7.26. The first-order valence-corrected chi connectivity index (χ1v) is 3.65. The Morgan fingerprint density at radius 2 is 2.00 bits per heavy atom. The third-order valence-corrected chi connectivity index (χ3v) is 1.70. The molecule has 0 fully saturated rings. The van der Waals surface area contributed by atoms with Crippen LogP contribution in [0.3, 0.4) is 0 Å². The number of hydrogen-bond acceptors (Lipinski definition) is 2. The maximum Gasteiger partial charge on any atom is 0.00585 e. The monoisotopic (exact) mass is 156 g/mol. The van der Waals surface area contributed by atoms with Gasteiger partial charge in [0.2, 0.25) is 0 Å². The van der Waals surface area contributed by atoms with Crippen LogP contribution in [0.15, 0.2) is 12.7 Å². The highest BCUT2D eigenvalue weighted by Gasteiger charge is 2.11. The van der Waals surface area contributed by atoms with Crippen molar-refractivity contribution in [3.8, 4) is 0 Å². The van der Waals surface area contributed by atoms with Crippen LogP contribution in [-0.4, -0.2) is 5.71 Å². The van der Waals surface area contributed by atoms with E-state index in [1.54, 1.807) is 0 Å². The van der Waals surface area contributed by atoms with E-state index in [1.807, 2.05) is 13.0 Å². The lowest BCUT2D eigenvalue weighted by molar-refractivity contribution is 0.448. The Balaban J connectivity index is 0. The van der Waals surface area contributed by atoms with E-state index in [2.05, 4.69) is 20.4 Å². The molecule has 66 valence electrons. The smallest absolute Gasteiger partial charge is 0.00585 e. The van der Waals surface area contributed by atoms with E-state index in [-0.39, 0.29) is 11.6 Å². The number of rotatable bonds is 4. The van der Waals surface area contributed by atoms with Gasteiger partial charge in [-0.1, -0.05) is 19.9 Å². The SMILES string of the molecule is C=CC(C)(C)CCC(C)=N.N. The zero-order valence-electron chi connectivity index (χ0n) is 7.91. The minimum Gasteiger partial charge on any atom is -0.344 e. The maximum absolute atomic E-state index is 7.22. The van der Waals surface area contributed by atoms with Gasteiger partial charge in [0.05, 0.1) is 0 Å². The van der Waals surface area contributed by atoms with Gasteiger partial charge in [0, 0.05) is 5.71 Å². The van der Waals surface area contributed by atoms with Crippen molar-refractivity contribution in [2.75, 3.05) is 0 Å². The van der Waals surface area contributed by atoms with Crippen LogP contribution >= 0.6 is 0 Å². The van der Waals surface area contributed by atoms with Gasteiger partial charge in [0.15, 0.2) is 0 Å². The summed E-state index contributed by atoms with van der Waals surface area (Å²) in [5.41, 5.74) is 0.956. The fraction of sp³-hybridized carbons (Fsp3) is 0.667. The first-order chi connectivity index (χ1) is 4.48. The van der Waals surface area contributed by atoms with Crippen LogP contribution < -0.4 is 6.15 Å². The van der Waals surface area contributed by atoms with E-state index in [9.17, 15) is 0 Å². The molecule has 2 heteroatoms. The predicted molar refractivity (Wildman–Crippen MR) is 51.6 cm³/mol. The lowest BCUT2D eigenvalue weighted by Crippen LogP contribution is -2.08. The maximum atomic E-state index is 7.22. The topological polar surface area (TPSA) is 58.9 Å². The van der Waals surface area contributed by atoms with E-state index in [1.165, 1.54) is 0 Å². The van der Waals surface area contributed by atoms with Crippen LogP contribution in [0.1, 0.15) is 33.6 Å². The van der Waals surface area contributed by atoms with Gasteiger partial charge in [0.1, 0.15) is 0 Å². The van der Waals surface area contributed by atoms with Crippen LogP contribution in [0.4, 0.5) is 0 Å². The molecule has 11 heavy (non-hydrogen) atoms. The second kappa shape index (κ2) is 5.08. The molecule has 0 aromatic heterocycles. The molecule has 0 aromatic rings. The molecule has 0 unspecified atom stereocenters. The summed E-state index contributed by atoms with van der Waals surface area (Å²) >= 11 is 0. The Bertz CT molecular complexity index is 136. The van der Waals surface area contributed by atoms with Gasteiger partial charge in [-0.3, -0.25) is 0 Å². The molecule has 0 aliphatic rings. The van der Waals surface area contributed by atoms with E-state index >= 15 is 0 Å². The molecule has 0 aromatic carbocycles. The molecule has 0 spiro atoms. The van der Waals surface area contributed by atoms with E-state index < -0.39 is 0 Å². The van der Waals surface area contributed by atoms with E-state index in [0.717, 1.165) is 18.6 Å². The molecule has 4 N–H and O–H groups in total. The zero-order valence-corrected chi connectivity index (χ0v) is 7.91. The molecular formula is C9H20N2. The van der Waals surface area contributed by atoms with Crippen molar-refractivity contribution in [1.29, 1.82) is 5.41 Å². The van der Waals surface area contributed by atoms with Crippen molar-refractivity contribution in [2.45, 2.75) is 33.6 Å². The molecule has 0 radical (unpaired) electrons. The largest absolute Gasteiger partial charge is 0.344 e. The van der Waals surface area contributed by atoms with Crippen LogP contribution in [0.5, 0.6) is 0 Å². The Labute approximate surface area is 69.8 Å². The van der Waals surface area contributed by atoms with Crippen LogP contribution in [0.2, 0.25) is 0 Å². The van der Waals surface area contributed by atoms with Crippen LogP contribution in [-0.2, 0) is 0 Å². The van der Waals surface area contributed by atoms with E-state index in [0.29, 0.717) is 0 Å². The average molecular weight is 156 g/mol. The first kappa shape index (κ1) is 13.0. The standard InChI is InChI=1S/C9H17N.H3N/c1-5-9(3,4)7-6-8(2)10;/h5,10H,1,6-7H2,2-4H3;1H3. The second-order valence-electron chi connectivity index (χ2n) is 3.47. The van der Waals surface area contributed by atoms with Crippen molar-refractivity contribution in [2.24, 2.45) is 5.41 Å². The summed E-state index contributed by atoms with van der Waals surface area (Å²) in [4.78, 5) is 0. The molecule has 2 nitrogen and oxygen atoms in total. The molecule has 0 amide bonds. The minimum atomic E-state index is 0. The summed E-state index contributed by atoms with van der Waals surface area (Å²) in [5.74, 6) is 0. The van der Waals surface area contributed by atoms with Gasteiger partial charge < -0.3 is 11.6 Å². The molecular weight excluding hydrogens is 136 g/mol. The second-order valence-corrected chi connectivity index (χ2v) is 3.47. The fourth-order valence-corrected chi connectivity index (χ4v) is 0.612. The molecule has 0 aliphatic carbocycles. The lowest BCUT2D eigenvalue weighted by atomic mass is 9.87. The predicted octanol–water partition coefficient (Wildman–Crippen LogP) is 3.18. The minimum absolute atomic E-state index is 0. The van der Waals surface area contributed by atoms with E-state index in [4.69, 9.17) is 5.41 Å². The molecule has 0 bridgehead atoms. The summed E-state index contributed by atoms with van der Waals surface area (Å²) in [6.45, 7) is 9.87. The summed E-state index contributed by atoms with van der Waals surface area (Å²) in [5, 5.41) is 7.22. The zero-order chi connectivity index (χ0) is 8.20. The van der Waals surface area contributed by atoms with Crippen molar-refractivity contribution in [3.63, 3.8) is 0 Å². The molecule has 0 saturated carbocycles. The summed E-state index contributed by atoms with van der Waals surface area (Å²) in [7, 11) is 0. The van der Waals surface area contributed by atoms with Crippen molar-refractivity contribution >= 4 is 5.71 Å². The number of hydrogen-bond donors (Lipinski definition) is 2. The lowest BCUT2D eigenvalue weighted by Gasteiger charge is -2.18. The fourth-order valence-electron chi connectivity index (χ4n) is 0.612. The Morgan fingerprint density at radius 3 is 2.27 bits per heavy atom. The Hall–Kier alpha value is -0.630. The van der Waals surface area contributed by atoms with Gasteiger partial charge in [-0.15, -0.1) is 6.58 Å². The summed E-state index contributed by atoms with van der Waals surface area (Å²) in [6, 6.07) is 0. The first-order valence-electron chi connectivity index (χ1n) is 3.65. The van der Waals surface area contributed by atoms with Gasteiger partial charge in [-0.25, -0.2) is 0 Å². The quantitative estimate of drug-likeness (QED) is 0.476. The summed E-state index contributed by atoms with van der Waals surface area (Å²) in [6.07, 6.45) is 3.88. The van der Waals surface area contributed by atoms with Gasteiger partial charge >= 0.3 is 0 Å². The van der Waals surface area contributed by atoms with Gasteiger partial charge in [-0.05, 0) is 25.2 Å². The number of nitrogens with one attached hydrogen (secondary N) is 1. The van der Waals surface area contributed by atoms with Crippen LogP contribution in [0, 0.1) is 10.8 Å². The molecule has 0 atom stereocenters. The van der Waals surface area contributed by atoms with Crippen LogP contribution in [0.25, 0.3) is 0 Å². The highest BCUT2D eigenvalue weighted by atomic mass is 14.4. The average Bonchev–Trinajstić information content (AvgIpc) is 1.85. The van der Waals surface area contributed by atoms with Gasteiger partial charge in [0.25, 0.3) is 0 Å². The number of allylic oxidation sites excluding steroid dienone is 1. The van der Waals surface area contributed by atoms with Crippen molar-refractivity contribution in [3.05, 3.63) is 12.7 Å². The third-order valence-electron chi connectivity index (χ3n) is 1.70. The molecule has 0 heterocycles. The molecule has 0 saturated heterocycles. The van der Waals surface area contributed by atoms with Crippen molar-refractivity contribution < 1.29 is 0 Å². The van der Waals surface area contributed by atoms with Crippen molar-refractivity contribution in [1.82, 2.24) is 6.15 Å². The Kier molecular flexibility index (Phi) is 6.00. The van der Waals surface area contributed by atoms with Gasteiger partial charge in [-0.2, -0.15) is 0 Å². The highest BCUT2D eigenvalue weighted by Crippen LogP contribution is 2.22. The normalized spacial score (nSPS) is 10.1. The molecule has 0 rings (SSSR count). The molecule has 0 aliphatic heterocycles. The Morgan fingerprint density at radius 1 is 1.55 bits per heavy atom.